The molecule has 1 aliphatic heterocycles. The number of hydrogen-bond donors (Lipinski definition) is 1. The second kappa shape index (κ2) is 9.66. The highest BCUT2D eigenvalue weighted by atomic mass is 16.5. The number of carbonyl (C=O) groups is 1. The van der Waals surface area contributed by atoms with E-state index < -0.39 is 0 Å². The van der Waals surface area contributed by atoms with Crippen molar-refractivity contribution in [2.24, 2.45) is 0 Å². The number of aryl methyl sites for hydroxylation is 2. The van der Waals surface area contributed by atoms with E-state index in [1.165, 1.54) is 0 Å². The molecule has 162 valence electrons. The van der Waals surface area contributed by atoms with Gasteiger partial charge in [-0.3, -0.25) is 4.79 Å². The zero-order valence-electron chi connectivity index (χ0n) is 17.9. The summed E-state index contributed by atoms with van der Waals surface area (Å²) in [5, 5.41) is 6.99. The summed E-state index contributed by atoms with van der Waals surface area (Å²) in [6, 6.07) is 15.5. The molecule has 0 saturated carbocycles. The van der Waals surface area contributed by atoms with Crippen molar-refractivity contribution < 1.29 is 18.8 Å². The molecule has 2 aromatic carbocycles. The average molecular weight is 421 g/mol. The molecular weight excluding hydrogens is 394 g/mol. The normalized spacial score (nSPS) is 13.8. The molecule has 4 rings (SSSR count). The van der Waals surface area contributed by atoms with E-state index in [4.69, 9.17) is 14.0 Å². The maximum Gasteiger partial charge on any atom is 0.228 e. The van der Waals surface area contributed by atoms with E-state index in [2.05, 4.69) is 15.4 Å². The fourth-order valence-corrected chi connectivity index (χ4v) is 3.61. The summed E-state index contributed by atoms with van der Waals surface area (Å²) in [6.07, 6.45) is 0.293. The predicted octanol–water partition coefficient (Wildman–Crippen LogP) is 3.89. The Kier molecular flexibility index (Phi) is 6.52. The number of anilines is 2. The molecule has 0 atom stereocenters. The Morgan fingerprint density at radius 1 is 1.10 bits per heavy atom. The molecule has 1 aliphatic rings. The zero-order valence-corrected chi connectivity index (χ0v) is 17.9. The Morgan fingerprint density at radius 2 is 1.84 bits per heavy atom. The van der Waals surface area contributed by atoms with Crippen molar-refractivity contribution in [2.75, 3.05) is 36.5 Å². The largest absolute Gasteiger partial charge is 0.489 e. The second-order valence-corrected chi connectivity index (χ2v) is 7.58. The van der Waals surface area contributed by atoms with Gasteiger partial charge in [-0.1, -0.05) is 29.4 Å². The fourth-order valence-electron chi connectivity index (χ4n) is 3.61. The van der Waals surface area contributed by atoms with Gasteiger partial charge in [-0.15, -0.1) is 0 Å². The van der Waals surface area contributed by atoms with Gasteiger partial charge >= 0.3 is 0 Å². The number of aromatic nitrogens is 1. The maximum absolute atomic E-state index is 12.7. The number of nitrogens with zero attached hydrogens (tertiary/aromatic N) is 2. The van der Waals surface area contributed by atoms with Gasteiger partial charge in [0.05, 0.1) is 42.3 Å². The number of para-hydroxylation sites is 2. The van der Waals surface area contributed by atoms with Gasteiger partial charge in [0.25, 0.3) is 0 Å². The lowest BCUT2D eigenvalue weighted by atomic mass is 10.1. The maximum atomic E-state index is 12.7. The van der Waals surface area contributed by atoms with Crippen LogP contribution in [-0.4, -0.2) is 37.4 Å². The summed E-state index contributed by atoms with van der Waals surface area (Å²) in [5.41, 5.74) is 4.58. The summed E-state index contributed by atoms with van der Waals surface area (Å²) in [7, 11) is 0. The molecule has 1 saturated heterocycles. The summed E-state index contributed by atoms with van der Waals surface area (Å²) in [6.45, 7) is 7.22. The molecule has 7 nitrogen and oxygen atoms in total. The van der Waals surface area contributed by atoms with Crippen LogP contribution in [0.5, 0.6) is 5.75 Å². The Balaban J connectivity index is 1.34. The van der Waals surface area contributed by atoms with Crippen LogP contribution in [0.2, 0.25) is 0 Å². The van der Waals surface area contributed by atoms with Crippen molar-refractivity contribution in [1.29, 1.82) is 0 Å². The molecule has 3 aromatic rings. The van der Waals surface area contributed by atoms with E-state index >= 15 is 0 Å². The number of morpholine rings is 1. The van der Waals surface area contributed by atoms with Gasteiger partial charge in [0.1, 0.15) is 18.1 Å². The summed E-state index contributed by atoms with van der Waals surface area (Å²) >= 11 is 0. The predicted molar refractivity (Wildman–Crippen MR) is 119 cm³/mol. The Hall–Kier alpha value is -3.32. The third-order valence-corrected chi connectivity index (χ3v) is 5.38. The van der Waals surface area contributed by atoms with E-state index in [1.54, 1.807) is 0 Å². The first-order valence-corrected chi connectivity index (χ1v) is 10.5. The summed E-state index contributed by atoms with van der Waals surface area (Å²) < 4.78 is 16.4. The Morgan fingerprint density at radius 3 is 2.55 bits per heavy atom. The Bertz CT molecular complexity index is 1000. The second-order valence-electron chi connectivity index (χ2n) is 7.58. The van der Waals surface area contributed by atoms with Crippen molar-refractivity contribution >= 4 is 17.3 Å². The molecule has 0 aliphatic carbocycles. The first kappa shape index (κ1) is 20.9. The molecule has 0 radical (unpaired) electrons. The Labute approximate surface area is 181 Å². The van der Waals surface area contributed by atoms with E-state index in [-0.39, 0.29) is 5.91 Å². The van der Waals surface area contributed by atoms with E-state index in [1.807, 2.05) is 62.4 Å². The highest BCUT2D eigenvalue weighted by molar-refractivity contribution is 5.95. The van der Waals surface area contributed by atoms with Crippen LogP contribution in [0.15, 0.2) is 53.1 Å². The van der Waals surface area contributed by atoms with Crippen molar-refractivity contribution in [3.8, 4) is 5.75 Å². The molecule has 7 heteroatoms. The number of rotatable bonds is 7. The number of hydrogen-bond acceptors (Lipinski definition) is 6. The number of nitrogens with one attached hydrogen (secondary N) is 1. The standard InChI is InChI=1S/C24H27N3O4/c1-17-21(18(2)31-26-17)16-30-20-9-7-19(8-10-20)15-24(28)25-22-5-3-4-6-23(22)27-11-13-29-14-12-27/h3-10H,11-16H2,1-2H3,(H,25,28). The number of amides is 1. The third-order valence-electron chi connectivity index (χ3n) is 5.38. The molecule has 31 heavy (non-hydrogen) atoms. The van der Waals surface area contributed by atoms with E-state index in [9.17, 15) is 4.79 Å². The van der Waals surface area contributed by atoms with Crippen LogP contribution in [-0.2, 0) is 22.6 Å². The van der Waals surface area contributed by atoms with Crippen LogP contribution in [0.1, 0.15) is 22.6 Å². The molecule has 2 heterocycles. The monoisotopic (exact) mass is 421 g/mol. The first-order valence-electron chi connectivity index (χ1n) is 10.5. The van der Waals surface area contributed by atoms with Gasteiger partial charge in [-0.2, -0.15) is 0 Å². The highest BCUT2D eigenvalue weighted by Crippen LogP contribution is 2.26. The lowest BCUT2D eigenvalue weighted by Gasteiger charge is -2.30. The SMILES string of the molecule is Cc1noc(C)c1COc1ccc(CC(=O)Nc2ccccc2N2CCOCC2)cc1. The number of benzene rings is 2. The van der Waals surface area contributed by atoms with Gasteiger partial charge in [0.15, 0.2) is 0 Å². The summed E-state index contributed by atoms with van der Waals surface area (Å²) in [4.78, 5) is 14.9. The van der Waals surface area contributed by atoms with Gasteiger partial charge < -0.3 is 24.2 Å². The van der Waals surface area contributed by atoms with E-state index in [0.717, 1.165) is 52.8 Å². The van der Waals surface area contributed by atoms with Gasteiger partial charge in [-0.25, -0.2) is 0 Å². The average Bonchev–Trinajstić information content (AvgIpc) is 3.11. The fraction of sp³-hybridized carbons (Fsp3) is 0.333. The molecule has 1 fully saturated rings. The highest BCUT2D eigenvalue weighted by Gasteiger charge is 2.16. The molecular formula is C24H27N3O4. The molecule has 0 unspecified atom stereocenters. The minimum absolute atomic E-state index is 0.0508. The van der Waals surface area contributed by atoms with Gasteiger partial charge in [-0.05, 0) is 43.7 Å². The number of ether oxygens (including phenoxy) is 2. The molecule has 0 spiro atoms. The zero-order chi connectivity index (χ0) is 21.6. The number of carbonyl (C=O) groups excluding carboxylic acids is 1. The quantitative estimate of drug-likeness (QED) is 0.624. The van der Waals surface area contributed by atoms with Crippen molar-refractivity contribution in [2.45, 2.75) is 26.9 Å². The molecule has 0 bridgehead atoms. The lowest BCUT2D eigenvalue weighted by molar-refractivity contribution is -0.115. The lowest BCUT2D eigenvalue weighted by Crippen LogP contribution is -2.36. The van der Waals surface area contributed by atoms with Crippen LogP contribution < -0.4 is 15.0 Å². The van der Waals surface area contributed by atoms with Crippen LogP contribution in [0.3, 0.4) is 0 Å². The molecule has 1 amide bonds. The molecule has 1 N–H and O–H groups in total. The molecule has 1 aromatic heterocycles. The van der Waals surface area contributed by atoms with Crippen molar-refractivity contribution in [3.05, 3.63) is 71.1 Å². The first-order chi connectivity index (χ1) is 15.1. The van der Waals surface area contributed by atoms with Crippen LogP contribution >= 0.6 is 0 Å². The van der Waals surface area contributed by atoms with Crippen LogP contribution in [0.4, 0.5) is 11.4 Å². The minimum atomic E-state index is -0.0508. The van der Waals surface area contributed by atoms with Crippen molar-refractivity contribution in [1.82, 2.24) is 5.16 Å². The third kappa shape index (κ3) is 5.24. The summed E-state index contributed by atoms with van der Waals surface area (Å²) in [5.74, 6) is 1.45. The van der Waals surface area contributed by atoms with Gasteiger partial charge in [0, 0.05) is 13.1 Å². The minimum Gasteiger partial charge on any atom is -0.489 e. The van der Waals surface area contributed by atoms with Gasteiger partial charge in [0.2, 0.25) is 5.91 Å². The van der Waals surface area contributed by atoms with E-state index in [0.29, 0.717) is 26.2 Å². The van der Waals surface area contributed by atoms with Crippen molar-refractivity contribution in [3.63, 3.8) is 0 Å². The van der Waals surface area contributed by atoms with Crippen LogP contribution in [0.25, 0.3) is 0 Å². The van der Waals surface area contributed by atoms with Crippen LogP contribution in [0, 0.1) is 13.8 Å². The smallest absolute Gasteiger partial charge is 0.228 e. The topological polar surface area (TPSA) is 76.8 Å².